The van der Waals surface area contributed by atoms with Crippen LogP contribution in [0, 0.1) is 0 Å². The number of urea groups is 1. The van der Waals surface area contributed by atoms with Gasteiger partial charge < -0.3 is 10.6 Å². The van der Waals surface area contributed by atoms with Crippen molar-refractivity contribution >= 4 is 11.7 Å². The minimum atomic E-state index is -0.249. The minimum Gasteiger partial charge on any atom is -0.334 e. The van der Waals surface area contributed by atoms with Crippen molar-refractivity contribution < 1.29 is 4.79 Å². The standard InChI is InChI=1S/C18H16N4O/c23-18(22-16-6-2-1-3-7-16)21-13-15-5-4-10-20-17(15)14-8-11-19-12-9-14/h1-12H,13H2,(H2,21,22,23). The molecule has 2 N–H and O–H groups in total. The maximum absolute atomic E-state index is 12.0. The van der Waals surface area contributed by atoms with Crippen molar-refractivity contribution in [2.75, 3.05) is 5.32 Å². The van der Waals surface area contributed by atoms with Crippen LogP contribution >= 0.6 is 0 Å². The first kappa shape index (κ1) is 14.7. The second-order valence-corrected chi connectivity index (χ2v) is 4.92. The summed E-state index contributed by atoms with van der Waals surface area (Å²) in [6.45, 7) is 0.393. The first-order chi connectivity index (χ1) is 11.3. The Morgan fingerprint density at radius 2 is 1.70 bits per heavy atom. The normalized spacial score (nSPS) is 10.1. The monoisotopic (exact) mass is 304 g/mol. The van der Waals surface area contributed by atoms with Gasteiger partial charge in [-0.1, -0.05) is 24.3 Å². The van der Waals surface area contributed by atoms with Crippen LogP contribution in [0.1, 0.15) is 5.56 Å². The van der Waals surface area contributed by atoms with Gasteiger partial charge in [0, 0.05) is 36.4 Å². The summed E-state index contributed by atoms with van der Waals surface area (Å²) in [5.41, 5.74) is 3.52. The molecule has 2 aromatic heterocycles. The van der Waals surface area contributed by atoms with Crippen molar-refractivity contribution in [2.24, 2.45) is 0 Å². The second kappa shape index (κ2) is 7.17. The molecule has 2 heterocycles. The number of hydrogen-bond donors (Lipinski definition) is 2. The van der Waals surface area contributed by atoms with E-state index in [-0.39, 0.29) is 6.03 Å². The number of para-hydroxylation sites is 1. The molecule has 0 saturated heterocycles. The first-order valence-corrected chi connectivity index (χ1v) is 7.27. The third kappa shape index (κ3) is 3.91. The van der Waals surface area contributed by atoms with Crippen LogP contribution in [0.5, 0.6) is 0 Å². The fourth-order valence-electron chi connectivity index (χ4n) is 2.22. The maximum Gasteiger partial charge on any atom is 0.319 e. The zero-order valence-electron chi connectivity index (χ0n) is 12.4. The minimum absolute atomic E-state index is 0.249. The van der Waals surface area contributed by atoms with Gasteiger partial charge in [0.15, 0.2) is 0 Å². The molecule has 0 unspecified atom stereocenters. The third-order valence-electron chi connectivity index (χ3n) is 3.32. The van der Waals surface area contributed by atoms with E-state index in [1.54, 1.807) is 18.6 Å². The molecular weight excluding hydrogens is 288 g/mol. The molecule has 0 saturated carbocycles. The zero-order chi connectivity index (χ0) is 15.9. The number of pyridine rings is 2. The van der Waals surface area contributed by atoms with Gasteiger partial charge in [-0.15, -0.1) is 0 Å². The maximum atomic E-state index is 12.0. The van der Waals surface area contributed by atoms with Crippen molar-refractivity contribution in [1.29, 1.82) is 0 Å². The predicted molar refractivity (Wildman–Crippen MR) is 89.8 cm³/mol. The fourth-order valence-corrected chi connectivity index (χ4v) is 2.22. The van der Waals surface area contributed by atoms with E-state index in [1.807, 2.05) is 54.6 Å². The number of nitrogens with zero attached hydrogens (tertiary/aromatic N) is 2. The SMILES string of the molecule is O=C(NCc1cccnc1-c1ccncc1)Nc1ccccc1. The smallest absolute Gasteiger partial charge is 0.319 e. The summed E-state index contributed by atoms with van der Waals surface area (Å²) in [4.78, 5) is 20.4. The number of benzene rings is 1. The summed E-state index contributed by atoms with van der Waals surface area (Å²) in [6, 6.07) is 16.7. The van der Waals surface area contributed by atoms with Gasteiger partial charge in [0.25, 0.3) is 0 Å². The van der Waals surface area contributed by atoms with Crippen LogP contribution in [0.4, 0.5) is 10.5 Å². The van der Waals surface area contributed by atoms with Gasteiger partial charge in [0.2, 0.25) is 0 Å². The first-order valence-electron chi connectivity index (χ1n) is 7.27. The lowest BCUT2D eigenvalue weighted by Crippen LogP contribution is -2.28. The van der Waals surface area contributed by atoms with Crippen LogP contribution in [0.25, 0.3) is 11.3 Å². The van der Waals surface area contributed by atoms with Crippen LogP contribution in [-0.4, -0.2) is 16.0 Å². The van der Waals surface area contributed by atoms with E-state index in [4.69, 9.17) is 0 Å². The Morgan fingerprint density at radius 3 is 2.48 bits per heavy atom. The van der Waals surface area contributed by atoms with Crippen molar-refractivity contribution in [3.63, 3.8) is 0 Å². The van der Waals surface area contributed by atoms with E-state index in [1.165, 1.54) is 0 Å². The summed E-state index contributed by atoms with van der Waals surface area (Å²) in [5.74, 6) is 0. The molecule has 1 aromatic carbocycles. The molecule has 0 radical (unpaired) electrons. The summed E-state index contributed by atoms with van der Waals surface area (Å²) in [7, 11) is 0. The summed E-state index contributed by atoms with van der Waals surface area (Å²) in [6.07, 6.45) is 5.19. The molecule has 2 amide bonds. The molecule has 0 bridgehead atoms. The van der Waals surface area contributed by atoms with Gasteiger partial charge in [-0.2, -0.15) is 0 Å². The van der Waals surface area contributed by atoms with E-state index in [2.05, 4.69) is 20.6 Å². The highest BCUT2D eigenvalue weighted by atomic mass is 16.2. The molecule has 0 aliphatic heterocycles. The highest BCUT2D eigenvalue weighted by Gasteiger charge is 2.07. The van der Waals surface area contributed by atoms with Crippen LogP contribution in [-0.2, 0) is 6.54 Å². The highest BCUT2D eigenvalue weighted by molar-refractivity contribution is 5.89. The fraction of sp³-hybridized carbons (Fsp3) is 0.0556. The summed E-state index contributed by atoms with van der Waals surface area (Å²) < 4.78 is 0. The Kier molecular flexibility index (Phi) is 4.59. The average Bonchev–Trinajstić information content (AvgIpc) is 2.62. The number of carbonyl (C=O) groups is 1. The molecule has 3 rings (SSSR count). The number of anilines is 1. The van der Waals surface area contributed by atoms with Crippen LogP contribution in [0.15, 0.2) is 73.2 Å². The number of hydrogen-bond acceptors (Lipinski definition) is 3. The molecule has 5 heteroatoms. The van der Waals surface area contributed by atoms with Gasteiger partial charge in [0.05, 0.1) is 5.69 Å². The number of rotatable bonds is 4. The molecule has 3 aromatic rings. The average molecular weight is 304 g/mol. The second-order valence-electron chi connectivity index (χ2n) is 4.92. The Labute approximate surface area is 134 Å². The van der Waals surface area contributed by atoms with E-state index in [0.717, 1.165) is 22.5 Å². The van der Waals surface area contributed by atoms with Crippen molar-refractivity contribution in [3.8, 4) is 11.3 Å². The van der Waals surface area contributed by atoms with Crippen molar-refractivity contribution in [2.45, 2.75) is 6.54 Å². The van der Waals surface area contributed by atoms with Gasteiger partial charge in [0.1, 0.15) is 0 Å². The molecule has 0 aliphatic carbocycles. The van der Waals surface area contributed by atoms with Crippen LogP contribution < -0.4 is 10.6 Å². The number of amides is 2. The predicted octanol–water partition coefficient (Wildman–Crippen LogP) is 3.47. The van der Waals surface area contributed by atoms with Crippen LogP contribution in [0.3, 0.4) is 0 Å². The van der Waals surface area contributed by atoms with E-state index in [9.17, 15) is 4.79 Å². The van der Waals surface area contributed by atoms with E-state index in [0.29, 0.717) is 6.54 Å². The summed E-state index contributed by atoms with van der Waals surface area (Å²) >= 11 is 0. The van der Waals surface area contributed by atoms with E-state index < -0.39 is 0 Å². The van der Waals surface area contributed by atoms with Crippen molar-refractivity contribution in [3.05, 3.63) is 78.8 Å². The molecule has 23 heavy (non-hydrogen) atoms. The molecule has 0 fully saturated rings. The number of aromatic nitrogens is 2. The molecular formula is C18H16N4O. The number of carbonyl (C=O) groups excluding carboxylic acids is 1. The summed E-state index contributed by atoms with van der Waals surface area (Å²) in [5, 5.41) is 5.64. The van der Waals surface area contributed by atoms with Crippen molar-refractivity contribution in [1.82, 2.24) is 15.3 Å². The number of nitrogens with one attached hydrogen (secondary N) is 2. The molecule has 114 valence electrons. The largest absolute Gasteiger partial charge is 0.334 e. The van der Waals surface area contributed by atoms with Crippen LogP contribution in [0.2, 0.25) is 0 Å². The Morgan fingerprint density at radius 1 is 0.913 bits per heavy atom. The quantitative estimate of drug-likeness (QED) is 0.775. The molecule has 0 aliphatic rings. The van der Waals surface area contributed by atoms with Gasteiger partial charge in [-0.25, -0.2) is 4.79 Å². The molecule has 5 nitrogen and oxygen atoms in total. The molecule has 0 spiro atoms. The Hall–Kier alpha value is -3.21. The lowest BCUT2D eigenvalue weighted by Gasteiger charge is -2.11. The van der Waals surface area contributed by atoms with Gasteiger partial charge in [-0.3, -0.25) is 9.97 Å². The van der Waals surface area contributed by atoms with Gasteiger partial charge in [-0.05, 0) is 35.9 Å². The van der Waals surface area contributed by atoms with E-state index >= 15 is 0 Å². The lowest BCUT2D eigenvalue weighted by atomic mass is 10.1. The van der Waals surface area contributed by atoms with Gasteiger partial charge >= 0.3 is 6.03 Å². The Bertz CT molecular complexity index is 775. The topological polar surface area (TPSA) is 66.9 Å². The molecule has 0 atom stereocenters. The zero-order valence-corrected chi connectivity index (χ0v) is 12.4. The third-order valence-corrected chi connectivity index (χ3v) is 3.32. The highest BCUT2D eigenvalue weighted by Crippen LogP contribution is 2.20. The Balaban J connectivity index is 1.68. The lowest BCUT2D eigenvalue weighted by molar-refractivity contribution is 0.252.